The van der Waals surface area contributed by atoms with Crippen LogP contribution in [0.3, 0.4) is 0 Å². The van der Waals surface area contributed by atoms with Crippen LogP contribution in [0.2, 0.25) is 0 Å². The average molecular weight is 468 g/mol. The van der Waals surface area contributed by atoms with Crippen molar-refractivity contribution in [2.75, 3.05) is 36.5 Å². The quantitative estimate of drug-likeness (QED) is 0.493. The minimum Gasteiger partial charge on any atom is -0.468 e. The van der Waals surface area contributed by atoms with E-state index in [1.165, 1.54) is 24.5 Å². The number of hydrogen-bond donors (Lipinski definition) is 2. The maximum absolute atomic E-state index is 12.4. The molecule has 0 bridgehead atoms. The van der Waals surface area contributed by atoms with Crippen LogP contribution in [0.25, 0.3) is 6.08 Å². The molecule has 4 rings (SSSR count). The third-order valence-corrected chi connectivity index (χ3v) is 6.54. The van der Waals surface area contributed by atoms with Crippen molar-refractivity contribution in [1.29, 1.82) is 0 Å². The molecule has 2 heterocycles. The first-order valence-electron chi connectivity index (χ1n) is 10.5. The molecule has 1 amide bonds. The van der Waals surface area contributed by atoms with Gasteiger partial charge in [0.1, 0.15) is 5.76 Å². The molecule has 2 N–H and O–H groups in total. The topological polar surface area (TPSA) is 101 Å². The number of furan rings is 1. The number of carbonyl (C=O) groups is 1. The van der Waals surface area contributed by atoms with Gasteiger partial charge in [-0.25, -0.2) is 13.1 Å². The molecule has 0 spiro atoms. The fraction of sp³-hybridized carbons (Fsp3) is 0.208. The Morgan fingerprint density at radius 3 is 2.55 bits per heavy atom. The highest BCUT2D eigenvalue weighted by molar-refractivity contribution is 7.89. The average Bonchev–Trinajstić information content (AvgIpc) is 3.37. The largest absolute Gasteiger partial charge is 0.468 e. The summed E-state index contributed by atoms with van der Waals surface area (Å²) < 4.78 is 37.8. The van der Waals surface area contributed by atoms with Gasteiger partial charge in [0.15, 0.2) is 0 Å². The molecule has 1 aliphatic heterocycles. The summed E-state index contributed by atoms with van der Waals surface area (Å²) in [6.45, 7) is 3.10. The molecule has 3 aromatic rings. The van der Waals surface area contributed by atoms with E-state index in [0.29, 0.717) is 30.2 Å². The highest BCUT2D eigenvalue weighted by atomic mass is 32.2. The second-order valence-corrected chi connectivity index (χ2v) is 9.21. The number of amides is 1. The second-order valence-electron chi connectivity index (χ2n) is 7.45. The lowest BCUT2D eigenvalue weighted by atomic mass is 10.2. The lowest BCUT2D eigenvalue weighted by Crippen LogP contribution is -2.36. The first-order chi connectivity index (χ1) is 16.0. The van der Waals surface area contributed by atoms with Crippen molar-refractivity contribution in [1.82, 2.24) is 4.72 Å². The van der Waals surface area contributed by atoms with Crippen molar-refractivity contribution in [2.45, 2.75) is 11.4 Å². The van der Waals surface area contributed by atoms with Gasteiger partial charge in [-0.05, 0) is 54.1 Å². The molecule has 0 saturated carbocycles. The summed E-state index contributed by atoms with van der Waals surface area (Å²) >= 11 is 0. The number of nitrogens with one attached hydrogen (secondary N) is 2. The second kappa shape index (κ2) is 10.5. The van der Waals surface area contributed by atoms with Crippen LogP contribution in [0.4, 0.5) is 11.4 Å². The molecule has 1 aliphatic rings. The third-order valence-electron chi connectivity index (χ3n) is 5.12. The number of carbonyl (C=O) groups excluding carboxylic acids is 1. The van der Waals surface area contributed by atoms with Crippen LogP contribution in [-0.2, 0) is 26.1 Å². The molecule has 172 valence electrons. The van der Waals surface area contributed by atoms with E-state index in [-0.39, 0.29) is 17.3 Å². The van der Waals surface area contributed by atoms with Gasteiger partial charge in [0, 0.05) is 30.5 Å². The lowest BCUT2D eigenvalue weighted by Gasteiger charge is -2.29. The van der Waals surface area contributed by atoms with Gasteiger partial charge in [0.25, 0.3) is 0 Å². The molecular formula is C24H25N3O5S. The molecule has 8 nitrogen and oxygen atoms in total. The number of sulfonamides is 1. The highest BCUT2D eigenvalue weighted by Crippen LogP contribution is 2.20. The van der Waals surface area contributed by atoms with Crippen molar-refractivity contribution >= 4 is 33.4 Å². The van der Waals surface area contributed by atoms with E-state index >= 15 is 0 Å². The summed E-state index contributed by atoms with van der Waals surface area (Å²) in [4.78, 5) is 14.7. The summed E-state index contributed by atoms with van der Waals surface area (Å²) in [5.74, 6) is 0.255. The molecule has 9 heteroatoms. The van der Waals surface area contributed by atoms with E-state index < -0.39 is 10.0 Å². The molecule has 0 atom stereocenters. The third kappa shape index (κ3) is 6.32. The van der Waals surface area contributed by atoms with Crippen LogP contribution < -0.4 is 14.9 Å². The Hall–Kier alpha value is -3.40. The molecule has 1 saturated heterocycles. The van der Waals surface area contributed by atoms with Crippen molar-refractivity contribution in [3.63, 3.8) is 0 Å². The number of morpholine rings is 1. The summed E-state index contributed by atoms with van der Waals surface area (Å²) in [5, 5.41) is 2.86. The van der Waals surface area contributed by atoms with Gasteiger partial charge in [0.05, 0.1) is 30.9 Å². The molecule has 1 aromatic heterocycles. The molecule has 0 unspecified atom stereocenters. The zero-order valence-electron chi connectivity index (χ0n) is 17.9. The molecule has 0 radical (unpaired) electrons. The van der Waals surface area contributed by atoms with E-state index in [9.17, 15) is 13.2 Å². The minimum atomic E-state index is -3.66. The number of rotatable bonds is 8. The Morgan fingerprint density at radius 2 is 1.82 bits per heavy atom. The molecule has 2 aromatic carbocycles. The van der Waals surface area contributed by atoms with Gasteiger partial charge >= 0.3 is 0 Å². The Balaban J connectivity index is 1.33. The molecule has 1 fully saturated rings. The van der Waals surface area contributed by atoms with Crippen molar-refractivity contribution < 1.29 is 22.4 Å². The van der Waals surface area contributed by atoms with Gasteiger partial charge in [-0.3, -0.25) is 4.79 Å². The van der Waals surface area contributed by atoms with Crippen LogP contribution in [0, 0.1) is 0 Å². The van der Waals surface area contributed by atoms with E-state index in [1.54, 1.807) is 30.3 Å². The predicted molar refractivity (Wildman–Crippen MR) is 126 cm³/mol. The van der Waals surface area contributed by atoms with Crippen molar-refractivity contribution in [3.05, 3.63) is 84.3 Å². The Bertz CT molecular complexity index is 1200. The summed E-state index contributed by atoms with van der Waals surface area (Å²) in [6, 6.07) is 17.4. The Labute approximate surface area is 192 Å². The van der Waals surface area contributed by atoms with E-state index in [0.717, 1.165) is 18.8 Å². The van der Waals surface area contributed by atoms with Crippen LogP contribution in [-0.4, -0.2) is 40.6 Å². The van der Waals surface area contributed by atoms with Crippen molar-refractivity contribution in [3.8, 4) is 0 Å². The monoisotopic (exact) mass is 467 g/mol. The zero-order valence-corrected chi connectivity index (χ0v) is 18.8. The number of nitrogens with zero attached hydrogens (tertiary/aromatic N) is 1. The molecule has 0 aliphatic carbocycles. The van der Waals surface area contributed by atoms with E-state index in [4.69, 9.17) is 9.15 Å². The SMILES string of the molecule is O=C(C=Cc1ccc(S(=O)(=O)NCc2ccco2)cc1)Nc1cccc(N2CCOCC2)c1. The zero-order chi connectivity index (χ0) is 23.1. The van der Waals surface area contributed by atoms with Crippen LogP contribution in [0.5, 0.6) is 0 Å². The molecule has 33 heavy (non-hydrogen) atoms. The number of benzene rings is 2. The normalized spacial score (nSPS) is 14.5. The highest BCUT2D eigenvalue weighted by Gasteiger charge is 2.14. The number of hydrogen-bond acceptors (Lipinski definition) is 6. The summed E-state index contributed by atoms with van der Waals surface area (Å²) in [6.07, 6.45) is 4.54. The van der Waals surface area contributed by atoms with Crippen LogP contribution >= 0.6 is 0 Å². The van der Waals surface area contributed by atoms with Gasteiger partial charge < -0.3 is 19.4 Å². The van der Waals surface area contributed by atoms with Gasteiger partial charge in [-0.15, -0.1) is 0 Å². The maximum Gasteiger partial charge on any atom is 0.248 e. The van der Waals surface area contributed by atoms with Gasteiger partial charge in [0.2, 0.25) is 15.9 Å². The van der Waals surface area contributed by atoms with Gasteiger partial charge in [-0.2, -0.15) is 0 Å². The standard InChI is InChI=1S/C24H25N3O5S/c28-24(26-20-3-1-4-21(17-20)27-12-15-31-16-13-27)11-8-19-6-9-23(10-7-19)33(29,30)25-18-22-5-2-14-32-22/h1-11,14,17,25H,12-13,15-16,18H2,(H,26,28). The van der Waals surface area contributed by atoms with Crippen LogP contribution in [0.1, 0.15) is 11.3 Å². The van der Waals surface area contributed by atoms with Crippen LogP contribution in [0.15, 0.2) is 82.3 Å². The number of anilines is 2. The fourth-order valence-electron chi connectivity index (χ4n) is 3.38. The maximum atomic E-state index is 12.4. The number of ether oxygens (including phenoxy) is 1. The van der Waals surface area contributed by atoms with Crippen molar-refractivity contribution in [2.24, 2.45) is 0 Å². The minimum absolute atomic E-state index is 0.0733. The smallest absolute Gasteiger partial charge is 0.248 e. The molecular weight excluding hydrogens is 442 g/mol. The first-order valence-corrected chi connectivity index (χ1v) is 12.0. The summed E-state index contributed by atoms with van der Waals surface area (Å²) in [5.41, 5.74) is 2.45. The Kier molecular flexibility index (Phi) is 7.23. The Morgan fingerprint density at radius 1 is 1.03 bits per heavy atom. The predicted octanol–water partition coefficient (Wildman–Crippen LogP) is 3.25. The summed E-state index contributed by atoms with van der Waals surface area (Å²) in [7, 11) is -3.66. The van der Waals surface area contributed by atoms with Gasteiger partial charge in [-0.1, -0.05) is 18.2 Å². The van der Waals surface area contributed by atoms with E-state index in [1.807, 2.05) is 24.3 Å². The van der Waals surface area contributed by atoms with E-state index in [2.05, 4.69) is 14.9 Å². The fourth-order valence-corrected chi connectivity index (χ4v) is 4.37. The first kappa shape index (κ1) is 22.8. The lowest BCUT2D eigenvalue weighted by molar-refractivity contribution is -0.111.